The van der Waals surface area contributed by atoms with Gasteiger partial charge in [0.15, 0.2) is 10.4 Å². The molecule has 0 atom stereocenters. The number of furan rings is 1. The van der Waals surface area contributed by atoms with Crippen molar-refractivity contribution in [2.24, 2.45) is 0 Å². The molecule has 1 aromatic carbocycles. The number of anilines is 1. The summed E-state index contributed by atoms with van der Waals surface area (Å²) in [5.41, 5.74) is 1.51. The second-order valence-corrected chi connectivity index (χ2v) is 7.57. The first-order valence-corrected chi connectivity index (χ1v) is 9.90. The summed E-state index contributed by atoms with van der Waals surface area (Å²) in [6, 6.07) is 10.6. The minimum Gasteiger partial charge on any atom is -0.444 e. The van der Waals surface area contributed by atoms with Gasteiger partial charge in [0, 0.05) is 31.7 Å². The second kappa shape index (κ2) is 9.05. The molecule has 0 unspecified atom stereocenters. The minimum atomic E-state index is -0.337. The van der Waals surface area contributed by atoms with Crippen molar-refractivity contribution in [1.29, 1.82) is 0 Å². The fourth-order valence-corrected chi connectivity index (χ4v) is 3.49. The molecule has 1 aliphatic heterocycles. The molecule has 28 heavy (non-hydrogen) atoms. The standard InChI is InChI=1S/C20H22BrN3O4/c1-13(25)22-16-8-10-24(11-9-16)19(26)12-14-2-4-15(5-3-14)23-20(27)17-6-7-18(21)28-17/h2-7,16H,8-12H2,1H3,(H,22,25)(H,23,27). The van der Waals surface area contributed by atoms with Crippen LogP contribution in [0, 0.1) is 0 Å². The van der Waals surface area contributed by atoms with E-state index in [1.54, 1.807) is 24.3 Å². The Bertz CT molecular complexity index is 855. The first kappa shape index (κ1) is 20.1. The normalized spacial score (nSPS) is 14.6. The van der Waals surface area contributed by atoms with Crippen molar-refractivity contribution in [3.63, 3.8) is 0 Å². The average molecular weight is 448 g/mol. The molecule has 1 aromatic heterocycles. The van der Waals surface area contributed by atoms with Crippen molar-refractivity contribution in [2.75, 3.05) is 18.4 Å². The molecule has 3 rings (SSSR count). The number of piperidine rings is 1. The summed E-state index contributed by atoms with van der Waals surface area (Å²) in [4.78, 5) is 37.5. The van der Waals surface area contributed by atoms with E-state index >= 15 is 0 Å². The number of carbonyl (C=O) groups excluding carboxylic acids is 3. The smallest absolute Gasteiger partial charge is 0.291 e. The summed E-state index contributed by atoms with van der Waals surface area (Å²) in [6.07, 6.45) is 1.86. The van der Waals surface area contributed by atoms with Crippen molar-refractivity contribution < 1.29 is 18.8 Å². The van der Waals surface area contributed by atoms with E-state index in [-0.39, 0.29) is 29.5 Å². The van der Waals surface area contributed by atoms with Gasteiger partial charge in [-0.2, -0.15) is 0 Å². The Morgan fingerprint density at radius 2 is 1.79 bits per heavy atom. The molecular formula is C20H22BrN3O4. The summed E-state index contributed by atoms with van der Waals surface area (Å²) in [5.74, 6) is -0.0829. The van der Waals surface area contributed by atoms with Crippen LogP contribution >= 0.6 is 15.9 Å². The Kier molecular flexibility index (Phi) is 6.51. The SMILES string of the molecule is CC(=O)NC1CCN(C(=O)Cc2ccc(NC(=O)c3ccc(Br)o3)cc2)CC1. The lowest BCUT2D eigenvalue weighted by Crippen LogP contribution is -2.46. The van der Waals surface area contributed by atoms with Gasteiger partial charge in [-0.25, -0.2) is 0 Å². The fourth-order valence-electron chi connectivity index (χ4n) is 3.18. The van der Waals surface area contributed by atoms with Crippen LogP contribution < -0.4 is 10.6 Å². The van der Waals surface area contributed by atoms with Crippen LogP contribution in [-0.4, -0.2) is 41.8 Å². The molecule has 0 saturated carbocycles. The summed E-state index contributed by atoms with van der Waals surface area (Å²) in [5, 5.41) is 5.66. The van der Waals surface area contributed by atoms with E-state index in [9.17, 15) is 14.4 Å². The van der Waals surface area contributed by atoms with E-state index in [1.807, 2.05) is 17.0 Å². The van der Waals surface area contributed by atoms with Crippen LogP contribution in [0.25, 0.3) is 0 Å². The van der Waals surface area contributed by atoms with Gasteiger partial charge in [-0.1, -0.05) is 12.1 Å². The molecule has 2 heterocycles. The van der Waals surface area contributed by atoms with Gasteiger partial charge < -0.3 is 20.0 Å². The summed E-state index contributed by atoms with van der Waals surface area (Å²) in [6.45, 7) is 2.81. The van der Waals surface area contributed by atoms with Gasteiger partial charge in [0.1, 0.15) is 0 Å². The highest BCUT2D eigenvalue weighted by Gasteiger charge is 2.23. The molecule has 2 aromatic rings. The molecule has 1 aliphatic rings. The van der Waals surface area contributed by atoms with Crippen LogP contribution in [0.1, 0.15) is 35.9 Å². The van der Waals surface area contributed by atoms with Gasteiger partial charge in [0.05, 0.1) is 6.42 Å². The van der Waals surface area contributed by atoms with Crippen molar-refractivity contribution in [3.8, 4) is 0 Å². The fraction of sp³-hybridized carbons (Fsp3) is 0.350. The van der Waals surface area contributed by atoms with Crippen LogP contribution in [-0.2, 0) is 16.0 Å². The Morgan fingerprint density at radius 3 is 2.36 bits per heavy atom. The molecule has 2 N–H and O–H groups in total. The first-order chi connectivity index (χ1) is 13.4. The van der Waals surface area contributed by atoms with Gasteiger partial charge in [-0.3, -0.25) is 14.4 Å². The van der Waals surface area contributed by atoms with Crippen LogP contribution in [0.4, 0.5) is 5.69 Å². The third-order valence-electron chi connectivity index (χ3n) is 4.62. The summed E-state index contributed by atoms with van der Waals surface area (Å²) in [7, 11) is 0. The van der Waals surface area contributed by atoms with E-state index in [4.69, 9.17) is 4.42 Å². The predicted molar refractivity (Wildman–Crippen MR) is 108 cm³/mol. The number of amides is 3. The molecule has 0 bridgehead atoms. The molecule has 0 aliphatic carbocycles. The zero-order chi connectivity index (χ0) is 20.1. The monoisotopic (exact) mass is 447 g/mol. The van der Waals surface area contributed by atoms with Gasteiger partial charge in [0.2, 0.25) is 11.8 Å². The number of rotatable bonds is 5. The zero-order valence-corrected chi connectivity index (χ0v) is 17.1. The lowest BCUT2D eigenvalue weighted by atomic mass is 10.0. The molecule has 3 amide bonds. The number of halogens is 1. The maximum absolute atomic E-state index is 12.5. The van der Waals surface area contributed by atoms with Crippen LogP contribution in [0.5, 0.6) is 0 Å². The molecule has 148 valence electrons. The first-order valence-electron chi connectivity index (χ1n) is 9.11. The second-order valence-electron chi connectivity index (χ2n) is 6.79. The number of likely N-dealkylation sites (tertiary alicyclic amines) is 1. The zero-order valence-electron chi connectivity index (χ0n) is 15.5. The average Bonchev–Trinajstić information content (AvgIpc) is 3.10. The quantitative estimate of drug-likeness (QED) is 0.736. The van der Waals surface area contributed by atoms with E-state index in [0.29, 0.717) is 29.9 Å². The Hall–Kier alpha value is -2.61. The molecule has 7 nitrogen and oxygen atoms in total. The summed E-state index contributed by atoms with van der Waals surface area (Å²) >= 11 is 3.16. The van der Waals surface area contributed by atoms with Gasteiger partial charge in [-0.15, -0.1) is 0 Å². The number of benzene rings is 1. The van der Waals surface area contributed by atoms with Crippen LogP contribution in [0.2, 0.25) is 0 Å². The maximum Gasteiger partial charge on any atom is 0.291 e. The third kappa shape index (κ3) is 5.45. The predicted octanol–water partition coefficient (Wildman–Crippen LogP) is 2.96. The van der Waals surface area contributed by atoms with E-state index in [0.717, 1.165) is 18.4 Å². The lowest BCUT2D eigenvalue weighted by Gasteiger charge is -2.32. The Labute approximate surface area is 171 Å². The van der Waals surface area contributed by atoms with Crippen LogP contribution in [0.15, 0.2) is 45.5 Å². The topological polar surface area (TPSA) is 91.7 Å². The lowest BCUT2D eigenvalue weighted by molar-refractivity contribution is -0.131. The van der Waals surface area contributed by atoms with Crippen molar-refractivity contribution in [3.05, 3.63) is 52.4 Å². The minimum absolute atomic E-state index is 0.0309. The maximum atomic E-state index is 12.5. The van der Waals surface area contributed by atoms with E-state index in [1.165, 1.54) is 6.92 Å². The molecule has 1 fully saturated rings. The van der Waals surface area contributed by atoms with Crippen LogP contribution in [0.3, 0.4) is 0 Å². The Balaban J connectivity index is 1.49. The number of nitrogens with zero attached hydrogens (tertiary/aromatic N) is 1. The van der Waals surface area contributed by atoms with E-state index < -0.39 is 0 Å². The summed E-state index contributed by atoms with van der Waals surface area (Å²) < 4.78 is 5.71. The van der Waals surface area contributed by atoms with Gasteiger partial charge in [-0.05, 0) is 58.6 Å². The number of nitrogens with one attached hydrogen (secondary N) is 2. The molecule has 0 radical (unpaired) electrons. The highest BCUT2D eigenvalue weighted by molar-refractivity contribution is 9.10. The van der Waals surface area contributed by atoms with E-state index in [2.05, 4.69) is 26.6 Å². The Morgan fingerprint density at radius 1 is 1.11 bits per heavy atom. The number of hydrogen-bond acceptors (Lipinski definition) is 4. The van der Waals surface area contributed by atoms with Gasteiger partial charge >= 0.3 is 0 Å². The largest absolute Gasteiger partial charge is 0.444 e. The van der Waals surface area contributed by atoms with Crippen molar-refractivity contribution in [2.45, 2.75) is 32.2 Å². The molecule has 8 heteroatoms. The molecular weight excluding hydrogens is 426 g/mol. The third-order valence-corrected chi connectivity index (χ3v) is 5.05. The number of carbonyl (C=O) groups is 3. The van der Waals surface area contributed by atoms with Crippen molar-refractivity contribution in [1.82, 2.24) is 10.2 Å². The highest BCUT2D eigenvalue weighted by atomic mass is 79.9. The van der Waals surface area contributed by atoms with Crippen molar-refractivity contribution >= 4 is 39.3 Å². The molecule has 0 spiro atoms. The number of hydrogen-bond donors (Lipinski definition) is 2. The highest BCUT2D eigenvalue weighted by Crippen LogP contribution is 2.17. The molecule has 1 saturated heterocycles. The van der Waals surface area contributed by atoms with Gasteiger partial charge in [0.25, 0.3) is 5.91 Å².